The van der Waals surface area contributed by atoms with Crippen LogP contribution in [0.1, 0.15) is 43.6 Å². The van der Waals surface area contributed by atoms with E-state index in [0.29, 0.717) is 30.2 Å². The Morgan fingerprint density at radius 1 is 1.50 bits per heavy atom. The molecular weight excluding hydrogens is 328 g/mol. The number of allylic oxidation sites excluding steroid dienone is 1. The van der Waals surface area contributed by atoms with E-state index in [4.69, 9.17) is 4.74 Å². The lowest BCUT2D eigenvalue weighted by molar-refractivity contribution is 0.00290. The molecule has 2 bridgehead atoms. The Hall–Kier alpha value is -1.66. The van der Waals surface area contributed by atoms with Crippen LogP contribution in [0.3, 0.4) is 0 Å². The van der Waals surface area contributed by atoms with Gasteiger partial charge in [0.2, 0.25) is 0 Å². The second-order valence-electron chi connectivity index (χ2n) is 8.44. The third kappa shape index (κ3) is 3.09. The number of hydrogen-bond acceptors (Lipinski definition) is 4. The summed E-state index contributed by atoms with van der Waals surface area (Å²) in [4.78, 5) is 19.0. The molecule has 0 aliphatic carbocycles. The molecule has 6 heteroatoms. The molecule has 4 atom stereocenters. The second kappa shape index (κ2) is 6.82. The summed E-state index contributed by atoms with van der Waals surface area (Å²) in [5, 5.41) is 3.13. The number of nitrogens with zero attached hydrogens (tertiary/aromatic N) is 3. The Morgan fingerprint density at radius 2 is 2.35 bits per heavy atom. The molecular formula is C20H30N4O2. The van der Waals surface area contributed by atoms with Crippen LogP contribution in [0.25, 0.3) is 0 Å². The highest BCUT2D eigenvalue weighted by molar-refractivity contribution is 5.92. The molecule has 0 radical (unpaired) electrons. The van der Waals surface area contributed by atoms with Gasteiger partial charge in [0.05, 0.1) is 24.2 Å². The van der Waals surface area contributed by atoms with E-state index in [9.17, 15) is 4.79 Å². The Balaban J connectivity index is 1.37. The topological polar surface area (TPSA) is 59.4 Å². The van der Waals surface area contributed by atoms with Crippen molar-refractivity contribution in [2.75, 3.05) is 26.2 Å². The summed E-state index contributed by atoms with van der Waals surface area (Å²) >= 11 is 0. The fourth-order valence-electron chi connectivity index (χ4n) is 5.14. The highest BCUT2D eigenvalue weighted by atomic mass is 16.5. The summed E-state index contributed by atoms with van der Waals surface area (Å²) < 4.78 is 8.23. The first-order valence-electron chi connectivity index (χ1n) is 9.76. The third-order valence-electron chi connectivity index (χ3n) is 6.40. The number of aryl methyl sites for hydroxylation is 1. The number of amides is 1. The van der Waals surface area contributed by atoms with Crippen molar-refractivity contribution in [1.29, 1.82) is 0 Å². The van der Waals surface area contributed by atoms with E-state index in [1.807, 2.05) is 7.05 Å². The van der Waals surface area contributed by atoms with E-state index < -0.39 is 0 Å². The first-order chi connectivity index (χ1) is 12.5. The van der Waals surface area contributed by atoms with Crippen molar-refractivity contribution in [3.63, 3.8) is 0 Å². The lowest BCUT2D eigenvalue weighted by Gasteiger charge is -2.29. The van der Waals surface area contributed by atoms with Crippen LogP contribution >= 0.6 is 0 Å². The Bertz CT molecular complexity index is 708. The predicted octanol–water partition coefficient (Wildman–Crippen LogP) is 1.99. The van der Waals surface area contributed by atoms with Crippen molar-refractivity contribution in [2.24, 2.45) is 18.9 Å². The van der Waals surface area contributed by atoms with E-state index in [1.165, 1.54) is 12.0 Å². The largest absolute Gasteiger partial charge is 0.370 e. The predicted molar refractivity (Wildman–Crippen MR) is 99.8 cm³/mol. The van der Waals surface area contributed by atoms with Crippen molar-refractivity contribution in [3.05, 3.63) is 29.9 Å². The standard InChI is InChI=1S/C20H30N4O2/c1-14(2)5-4-8-24-11-16-15(18-6-7-20(16,12-24)26-18)9-22-19(25)17-10-21-13-23(17)3/h5,10,13,15-16,18H,4,6-9,11-12H2,1-3H3,(H,22,25)/t15-,16+,18+,20+/m0/s1. The maximum Gasteiger partial charge on any atom is 0.269 e. The van der Waals surface area contributed by atoms with E-state index in [2.05, 4.69) is 35.1 Å². The van der Waals surface area contributed by atoms with Crippen molar-refractivity contribution in [1.82, 2.24) is 19.8 Å². The number of aromatic nitrogens is 2. The van der Waals surface area contributed by atoms with Crippen LogP contribution in [-0.4, -0.2) is 58.2 Å². The lowest BCUT2D eigenvalue weighted by atomic mass is 9.73. The lowest BCUT2D eigenvalue weighted by Crippen LogP contribution is -2.42. The van der Waals surface area contributed by atoms with Crippen LogP contribution in [0.5, 0.6) is 0 Å². The first-order valence-corrected chi connectivity index (χ1v) is 9.76. The number of fused-ring (bicyclic) bond motifs is 1. The van der Waals surface area contributed by atoms with Gasteiger partial charge in [0.25, 0.3) is 5.91 Å². The van der Waals surface area contributed by atoms with Crippen LogP contribution in [0.2, 0.25) is 0 Å². The molecule has 4 heterocycles. The van der Waals surface area contributed by atoms with Gasteiger partial charge in [0.1, 0.15) is 5.69 Å². The summed E-state index contributed by atoms with van der Waals surface area (Å²) in [7, 11) is 1.85. The molecule has 3 aliphatic heterocycles. The molecule has 4 rings (SSSR count). The smallest absolute Gasteiger partial charge is 0.269 e. The maximum absolute atomic E-state index is 12.4. The van der Waals surface area contributed by atoms with Gasteiger partial charge >= 0.3 is 0 Å². The Morgan fingerprint density at radius 3 is 3.08 bits per heavy atom. The van der Waals surface area contributed by atoms with Gasteiger partial charge in [-0.15, -0.1) is 0 Å². The van der Waals surface area contributed by atoms with E-state index in [1.54, 1.807) is 17.1 Å². The zero-order valence-electron chi connectivity index (χ0n) is 16.1. The molecule has 1 amide bonds. The van der Waals surface area contributed by atoms with Crippen molar-refractivity contribution in [2.45, 2.75) is 44.8 Å². The van der Waals surface area contributed by atoms with Gasteiger partial charge in [-0.05, 0) is 33.1 Å². The van der Waals surface area contributed by atoms with Crippen LogP contribution in [0.4, 0.5) is 0 Å². The number of likely N-dealkylation sites (tertiary alicyclic amines) is 1. The van der Waals surface area contributed by atoms with Gasteiger partial charge in [-0.2, -0.15) is 0 Å². The summed E-state index contributed by atoms with van der Waals surface area (Å²) in [6, 6.07) is 0. The Kier molecular flexibility index (Phi) is 4.65. The minimum Gasteiger partial charge on any atom is -0.370 e. The molecule has 0 unspecified atom stereocenters. The zero-order chi connectivity index (χ0) is 18.3. The first kappa shape index (κ1) is 17.7. The fourth-order valence-corrected chi connectivity index (χ4v) is 5.14. The number of hydrogen-bond donors (Lipinski definition) is 1. The molecule has 1 aromatic rings. The molecule has 0 saturated carbocycles. The number of carbonyl (C=O) groups excluding carboxylic acids is 1. The van der Waals surface area contributed by atoms with E-state index in [0.717, 1.165) is 32.5 Å². The molecule has 3 saturated heterocycles. The average molecular weight is 358 g/mol. The highest BCUT2D eigenvalue weighted by Crippen LogP contribution is 2.54. The summed E-state index contributed by atoms with van der Waals surface area (Å²) in [5.41, 5.74) is 2.03. The molecule has 142 valence electrons. The van der Waals surface area contributed by atoms with Gasteiger partial charge in [-0.3, -0.25) is 9.69 Å². The fraction of sp³-hybridized carbons (Fsp3) is 0.700. The van der Waals surface area contributed by atoms with Gasteiger partial charge in [0, 0.05) is 45.1 Å². The SMILES string of the molecule is CC(C)=CCCN1C[C@@H]2[C@H](CNC(=O)c3cncn3C)[C@H]3CC[C@]2(C1)O3. The van der Waals surface area contributed by atoms with Crippen LogP contribution in [-0.2, 0) is 11.8 Å². The zero-order valence-corrected chi connectivity index (χ0v) is 16.1. The van der Waals surface area contributed by atoms with Crippen LogP contribution < -0.4 is 5.32 Å². The van der Waals surface area contributed by atoms with Crippen LogP contribution in [0.15, 0.2) is 24.2 Å². The van der Waals surface area contributed by atoms with Gasteiger partial charge < -0.3 is 14.6 Å². The monoisotopic (exact) mass is 358 g/mol. The van der Waals surface area contributed by atoms with Gasteiger partial charge in [0.15, 0.2) is 0 Å². The number of carbonyl (C=O) groups is 1. The minimum absolute atomic E-state index is 0.0392. The molecule has 1 aromatic heterocycles. The number of imidazole rings is 1. The number of nitrogens with one attached hydrogen (secondary N) is 1. The number of ether oxygens (including phenoxy) is 1. The summed E-state index contributed by atoms with van der Waals surface area (Å²) in [6.45, 7) is 8.26. The molecule has 3 fully saturated rings. The van der Waals surface area contributed by atoms with Gasteiger partial charge in [-0.1, -0.05) is 11.6 Å². The molecule has 26 heavy (non-hydrogen) atoms. The molecule has 0 aromatic carbocycles. The second-order valence-corrected chi connectivity index (χ2v) is 8.44. The minimum atomic E-state index is -0.0414. The third-order valence-corrected chi connectivity index (χ3v) is 6.40. The van der Waals surface area contributed by atoms with Crippen molar-refractivity contribution >= 4 is 5.91 Å². The van der Waals surface area contributed by atoms with E-state index >= 15 is 0 Å². The summed E-state index contributed by atoms with van der Waals surface area (Å²) in [6.07, 6.45) is 9.32. The van der Waals surface area contributed by atoms with Crippen LogP contribution in [0, 0.1) is 11.8 Å². The normalized spacial score (nSPS) is 32.7. The van der Waals surface area contributed by atoms with Crippen molar-refractivity contribution < 1.29 is 9.53 Å². The molecule has 1 spiro atoms. The highest BCUT2D eigenvalue weighted by Gasteiger charge is 2.62. The maximum atomic E-state index is 12.4. The Labute approximate surface area is 155 Å². The molecule has 6 nitrogen and oxygen atoms in total. The average Bonchev–Trinajstić information content (AvgIpc) is 3.32. The number of rotatable bonds is 6. The quantitative estimate of drug-likeness (QED) is 0.790. The van der Waals surface area contributed by atoms with E-state index in [-0.39, 0.29) is 11.5 Å². The molecule has 1 N–H and O–H groups in total. The van der Waals surface area contributed by atoms with Crippen molar-refractivity contribution in [3.8, 4) is 0 Å². The van der Waals surface area contributed by atoms with Gasteiger partial charge in [-0.25, -0.2) is 4.98 Å². The summed E-state index contributed by atoms with van der Waals surface area (Å²) in [5.74, 6) is 0.925. The molecule has 3 aliphatic rings.